The van der Waals surface area contributed by atoms with E-state index in [4.69, 9.17) is 5.73 Å². The van der Waals surface area contributed by atoms with Crippen molar-refractivity contribution in [3.05, 3.63) is 47.6 Å². The first-order valence-electron chi connectivity index (χ1n) is 7.80. The molecule has 2 aromatic heterocycles. The Kier molecular flexibility index (Phi) is 4.81. The molecule has 0 aliphatic carbocycles. The topological polar surface area (TPSA) is 143 Å². The number of nitrogens with zero attached hydrogens (tertiary/aromatic N) is 3. The molecule has 2 amide bonds. The van der Waals surface area contributed by atoms with E-state index in [0.717, 1.165) is 5.57 Å². The second kappa shape index (κ2) is 6.90. The summed E-state index contributed by atoms with van der Waals surface area (Å²) in [6.07, 6.45) is 3.71. The number of carbonyl (C=O) groups is 2. The normalized spacial score (nSPS) is 17.3. The van der Waals surface area contributed by atoms with Gasteiger partial charge in [0.1, 0.15) is 5.69 Å². The van der Waals surface area contributed by atoms with Crippen molar-refractivity contribution in [3.63, 3.8) is 0 Å². The fraction of sp³-hybridized carbons (Fsp3) is 0.250. The zero-order valence-corrected chi connectivity index (χ0v) is 14.9. The highest BCUT2D eigenvalue weighted by molar-refractivity contribution is 8.24. The Morgan fingerprint density at radius 2 is 2.12 bits per heavy atom. The van der Waals surface area contributed by atoms with Crippen LogP contribution in [0.15, 0.2) is 30.5 Å². The van der Waals surface area contributed by atoms with E-state index in [1.54, 1.807) is 31.3 Å². The molecule has 1 aliphatic rings. The van der Waals surface area contributed by atoms with E-state index in [9.17, 15) is 18.7 Å². The van der Waals surface area contributed by atoms with Crippen LogP contribution in [0.3, 0.4) is 0 Å². The number of nitrogens with two attached hydrogens (primary N) is 1. The molecule has 0 bridgehead atoms. The Morgan fingerprint density at radius 3 is 2.77 bits per heavy atom. The lowest BCUT2D eigenvalue weighted by Gasteiger charge is -2.34. The molecule has 0 spiro atoms. The summed E-state index contributed by atoms with van der Waals surface area (Å²) in [4.78, 5) is 28.2. The van der Waals surface area contributed by atoms with Crippen molar-refractivity contribution in [2.24, 2.45) is 12.8 Å². The number of anilines is 1. The summed E-state index contributed by atoms with van der Waals surface area (Å²) >= 11 is 0. The minimum Gasteiger partial charge on any atom is -0.364 e. The van der Waals surface area contributed by atoms with Crippen molar-refractivity contribution in [2.45, 2.75) is 6.42 Å². The SMILES string of the molecule is Cn1cc(NC(=O)c2cccc(C3=CCS(O)(O)CC3)n2)c(C(N)=O)n1. The van der Waals surface area contributed by atoms with E-state index in [0.29, 0.717) is 12.1 Å². The summed E-state index contributed by atoms with van der Waals surface area (Å²) in [6, 6.07) is 5.01. The van der Waals surface area contributed by atoms with Gasteiger partial charge in [0.2, 0.25) is 0 Å². The molecule has 10 heteroatoms. The number of amides is 2. The first-order valence-corrected chi connectivity index (χ1v) is 9.68. The molecule has 5 N–H and O–H groups in total. The number of aromatic nitrogens is 3. The molecule has 0 saturated carbocycles. The molecule has 0 aromatic carbocycles. The lowest BCUT2D eigenvalue weighted by molar-refractivity contribution is 0.0995. The maximum Gasteiger partial charge on any atom is 0.274 e. The summed E-state index contributed by atoms with van der Waals surface area (Å²) in [7, 11) is -0.926. The summed E-state index contributed by atoms with van der Waals surface area (Å²) in [5.41, 5.74) is 7.08. The van der Waals surface area contributed by atoms with Crippen molar-refractivity contribution < 1.29 is 18.7 Å². The maximum absolute atomic E-state index is 12.5. The molecule has 9 nitrogen and oxygen atoms in total. The zero-order chi connectivity index (χ0) is 18.9. The minimum absolute atomic E-state index is 0.0304. The van der Waals surface area contributed by atoms with Crippen LogP contribution in [0.5, 0.6) is 0 Å². The maximum atomic E-state index is 12.5. The predicted octanol–water partition coefficient (Wildman–Crippen LogP) is 1.70. The standard InChI is InChI=1S/C16H19N5O4S/c1-21-9-13(14(20-21)15(17)22)19-16(23)12-4-2-3-11(18-12)10-5-7-26(24,25)8-6-10/h2-5,9,24-25H,6-8H2,1H3,(H2,17,22)(H,19,23). The molecule has 0 fully saturated rings. The van der Waals surface area contributed by atoms with Crippen LogP contribution >= 0.6 is 10.6 Å². The van der Waals surface area contributed by atoms with Gasteiger partial charge in [-0.25, -0.2) is 4.98 Å². The van der Waals surface area contributed by atoms with Crippen LogP contribution in [0.2, 0.25) is 0 Å². The minimum atomic E-state index is -2.54. The van der Waals surface area contributed by atoms with Gasteiger partial charge in [0.25, 0.3) is 11.8 Å². The number of rotatable bonds is 4. The Balaban J connectivity index is 1.81. The smallest absolute Gasteiger partial charge is 0.274 e. The highest BCUT2D eigenvalue weighted by atomic mass is 32.3. The number of primary amides is 1. The average molecular weight is 377 g/mol. The van der Waals surface area contributed by atoms with Crippen molar-refractivity contribution >= 4 is 33.7 Å². The van der Waals surface area contributed by atoms with Gasteiger partial charge in [-0.15, -0.1) is 0 Å². The van der Waals surface area contributed by atoms with E-state index >= 15 is 0 Å². The number of allylic oxidation sites excluding steroid dienone is 1. The molecular weight excluding hydrogens is 358 g/mol. The summed E-state index contributed by atoms with van der Waals surface area (Å²) in [6.45, 7) is 0. The molecule has 3 heterocycles. The molecule has 3 rings (SSSR count). The van der Waals surface area contributed by atoms with Gasteiger partial charge in [-0.3, -0.25) is 23.4 Å². The molecule has 0 atom stereocenters. The molecule has 1 aliphatic heterocycles. The van der Waals surface area contributed by atoms with Crippen LogP contribution in [0, 0.1) is 0 Å². The van der Waals surface area contributed by atoms with Crippen LogP contribution in [-0.4, -0.2) is 47.2 Å². The van der Waals surface area contributed by atoms with Crippen LogP contribution in [0.1, 0.15) is 33.1 Å². The van der Waals surface area contributed by atoms with Gasteiger partial charge in [0, 0.05) is 19.0 Å². The van der Waals surface area contributed by atoms with Crippen molar-refractivity contribution in [1.82, 2.24) is 14.8 Å². The van der Waals surface area contributed by atoms with Crippen molar-refractivity contribution in [3.8, 4) is 0 Å². The number of pyridine rings is 1. The Labute approximate surface area is 151 Å². The molecule has 2 aromatic rings. The summed E-state index contributed by atoms with van der Waals surface area (Å²) in [5.74, 6) is -0.760. The third kappa shape index (κ3) is 3.93. The van der Waals surface area contributed by atoms with Gasteiger partial charge < -0.3 is 11.1 Å². The number of hydrogen-bond donors (Lipinski definition) is 4. The lowest BCUT2D eigenvalue weighted by Crippen LogP contribution is -2.19. The molecule has 26 heavy (non-hydrogen) atoms. The molecular formula is C16H19N5O4S. The number of nitrogens with one attached hydrogen (secondary N) is 1. The molecule has 0 saturated heterocycles. The van der Waals surface area contributed by atoms with Gasteiger partial charge in [-0.2, -0.15) is 15.7 Å². The highest BCUT2D eigenvalue weighted by Gasteiger charge is 2.20. The fourth-order valence-corrected chi connectivity index (χ4v) is 3.80. The van der Waals surface area contributed by atoms with Crippen LogP contribution in [0.25, 0.3) is 5.57 Å². The third-order valence-electron chi connectivity index (χ3n) is 3.92. The Hall–Kier alpha value is -2.69. The first-order chi connectivity index (χ1) is 12.2. The number of carbonyl (C=O) groups excluding carboxylic acids is 2. The van der Waals surface area contributed by atoms with E-state index in [-0.39, 0.29) is 28.6 Å². The van der Waals surface area contributed by atoms with Gasteiger partial charge >= 0.3 is 0 Å². The summed E-state index contributed by atoms with van der Waals surface area (Å²) < 4.78 is 20.7. The largest absolute Gasteiger partial charge is 0.364 e. The van der Waals surface area contributed by atoms with E-state index in [1.807, 2.05) is 0 Å². The van der Waals surface area contributed by atoms with Crippen molar-refractivity contribution in [1.29, 1.82) is 0 Å². The zero-order valence-electron chi connectivity index (χ0n) is 14.0. The Bertz CT molecular complexity index is 906. The quantitative estimate of drug-likeness (QED) is 0.638. The van der Waals surface area contributed by atoms with Crippen LogP contribution in [-0.2, 0) is 7.05 Å². The monoisotopic (exact) mass is 377 g/mol. The lowest BCUT2D eigenvalue weighted by atomic mass is 10.1. The number of aryl methyl sites for hydroxylation is 1. The van der Waals surface area contributed by atoms with Gasteiger partial charge in [-0.05, 0) is 24.1 Å². The predicted molar refractivity (Wildman–Crippen MR) is 99.1 cm³/mol. The molecule has 0 unspecified atom stereocenters. The second-order valence-corrected chi connectivity index (χ2v) is 8.29. The third-order valence-corrected chi connectivity index (χ3v) is 5.47. The Morgan fingerprint density at radius 1 is 1.35 bits per heavy atom. The van der Waals surface area contributed by atoms with Crippen molar-refractivity contribution in [2.75, 3.05) is 16.8 Å². The van der Waals surface area contributed by atoms with Gasteiger partial charge in [0.05, 0.1) is 17.1 Å². The number of hydrogen-bond acceptors (Lipinski definition) is 6. The average Bonchev–Trinajstić information content (AvgIpc) is 2.95. The van der Waals surface area contributed by atoms with Gasteiger partial charge in [-0.1, -0.05) is 12.1 Å². The first kappa shape index (κ1) is 18.1. The molecule has 0 radical (unpaired) electrons. The van der Waals surface area contributed by atoms with E-state index in [1.165, 1.54) is 10.9 Å². The van der Waals surface area contributed by atoms with Gasteiger partial charge in [0.15, 0.2) is 5.69 Å². The summed E-state index contributed by atoms with van der Waals surface area (Å²) in [5, 5.41) is 6.51. The second-order valence-electron chi connectivity index (χ2n) is 5.94. The van der Waals surface area contributed by atoms with Crippen LogP contribution < -0.4 is 11.1 Å². The fourth-order valence-electron chi connectivity index (χ4n) is 2.61. The highest BCUT2D eigenvalue weighted by Crippen LogP contribution is 2.44. The van der Waals surface area contributed by atoms with E-state index < -0.39 is 22.4 Å². The van der Waals surface area contributed by atoms with Crippen LogP contribution in [0.4, 0.5) is 5.69 Å². The van der Waals surface area contributed by atoms with E-state index in [2.05, 4.69) is 15.4 Å². The molecule has 138 valence electrons.